The molecule has 136 valence electrons. The first-order valence-electron chi connectivity index (χ1n) is 9.12. The smallest absolute Gasteiger partial charge is 0.226 e. The number of nitrogens with one attached hydrogen (secondary N) is 1. The van der Waals surface area contributed by atoms with E-state index in [1.54, 1.807) is 24.3 Å². The van der Waals surface area contributed by atoms with E-state index in [-0.39, 0.29) is 22.5 Å². The highest BCUT2D eigenvalue weighted by Crippen LogP contribution is 2.62. The van der Waals surface area contributed by atoms with Crippen LogP contribution >= 0.6 is 15.9 Å². The number of benzene rings is 1. The number of hydrogen-bond acceptors (Lipinski definition) is 3. The van der Waals surface area contributed by atoms with Gasteiger partial charge in [0.2, 0.25) is 5.91 Å². The van der Waals surface area contributed by atoms with Gasteiger partial charge < -0.3 is 5.32 Å². The molecule has 1 N–H and O–H groups in total. The molecule has 0 aliphatic heterocycles. The van der Waals surface area contributed by atoms with Crippen molar-refractivity contribution in [3.8, 4) is 0 Å². The zero-order valence-electron chi connectivity index (χ0n) is 14.3. The lowest BCUT2D eigenvalue weighted by molar-refractivity contribution is -0.131. The van der Waals surface area contributed by atoms with Crippen LogP contribution in [0.5, 0.6) is 0 Å². The second-order valence-electron chi connectivity index (χ2n) is 8.27. The number of sulfone groups is 1. The maximum absolute atomic E-state index is 12.9. The van der Waals surface area contributed by atoms with E-state index in [0.29, 0.717) is 10.9 Å². The normalized spacial score (nSPS) is 31.7. The van der Waals surface area contributed by atoms with Crippen molar-refractivity contribution in [3.05, 3.63) is 28.7 Å². The molecule has 1 amide bonds. The summed E-state index contributed by atoms with van der Waals surface area (Å²) in [5.74, 6) is 0.345. The molecule has 0 saturated heterocycles. The van der Waals surface area contributed by atoms with E-state index in [0.717, 1.165) is 49.4 Å². The molecule has 3 fully saturated rings. The molecule has 4 nitrogen and oxygen atoms in total. The average Bonchev–Trinajstić information content (AvgIpc) is 3.07. The van der Waals surface area contributed by atoms with Gasteiger partial charge in [0.1, 0.15) is 0 Å². The van der Waals surface area contributed by atoms with Gasteiger partial charge in [0.25, 0.3) is 0 Å². The summed E-state index contributed by atoms with van der Waals surface area (Å²) in [7, 11) is -3.33. The first-order chi connectivity index (χ1) is 11.8. The molecule has 0 unspecified atom stereocenters. The summed E-state index contributed by atoms with van der Waals surface area (Å²) in [6.07, 6.45) is 7.47. The highest BCUT2D eigenvalue weighted by atomic mass is 79.9. The highest BCUT2D eigenvalue weighted by molar-refractivity contribution is 9.10. The first-order valence-corrected chi connectivity index (χ1v) is 11.6. The zero-order chi connectivity index (χ0) is 17.7. The Morgan fingerprint density at radius 2 is 1.76 bits per heavy atom. The SMILES string of the molecule is O=C(NC1CCC1)C12CCC(CS(=O)(=O)c3ccc(Br)cc3)(CC1)C2. The molecule has 4 rings (SSSR count). The first kappa shape index (κ1) is 17.5. The van der Waals surface area contributed by atoms with Gasteiger partial charge in [-0.15, -0.1) is 0 Å². The third-order valence-electron chi connectivity index (χ3n) is 6.57. The van der Waals surface area contributed by atoms with Crippen LogP contribution in [0.2, 0.25) is 0 Å². The van der Waals surface area contributed by atoms with E-state index in [1.165, 1.54) is 6.42 Å². The van der Waals surface area contributed by atoms with Gasteiger partial charge in [-0.05, 0) is 81.0 Å². The second kappa shape index (κ2) is 6.08. The van der Waals surface area contributed by atoms with Crippen molar-refractivity contribution in [1.29, 1.82) is 0 Å². The Hall–Kier alpha value is -0.880. The van der Waals surface area contributed by atoms with Gasteiger partial charge in [-0.2, -0.15) is 0 Å². The largest absolute Gasteiger partial charge is 0.353 e. The maximum atomic E-state index is 12.9. The molecule has 0 aromatic heterocycles. The van der Waals surface area contributed by atoms with E-state index in [2.05, 4.69) is 21.2 Å². The number of hydrogen-bond donors (Lipinski definition) is 1. The van der Waals surface area contributed by atoms with E-state index < -0.39 is 9.84 Å². The van der Waals surface area contributed by atoms with E-state index >= 15 is 0 Å². The van der Waals surface area contributed by atoms with Crippen LogP contribution in [0, 0.1) is 10.8 Å². The highest BCUT2D eigenvalue weighted by Gasteiger charge is 2.59. The van der Waals surface area contributed by atoms with Crippen LogP contribution < -0.4 is 5.32 Å². The van der Waals surface area contributed by atoms with Crippen LogP contribution in [0.25, 0.3) is 0 Å². The Morgan fingerprint density at radius 1 is 1.12 bits per heavy atom. The summed E-state index contributed by atoms with van der Waals surface area (Å²) in [4.78, 5) is 13.2. The summed E-state index contributed by atoms with van der Waals surface area (Å²) in [6.45, 7) is 0. The number of amides is 1. The summed E-state index contributed by atoms with van der Waals surface area (Å²) in [6, 6.07) is 7.21. The lowest BCUT2D eigenvalue weighted by Gasteiger charge is -2.32. The minimum Gasteiger partial charge on any atom is -0.353 e. The third-order valence-corrected chi connectivity index (χ3v) is 9.08. The van der Waals surface area contributed by atoms with Crippen molar-refractivity contribution in [3.63, 3.8) is 0 Å². The fourth-order valence-corrected chi connectivity index (χ4v) is 7.03. The number of carbonyl (C=O) groups excluding carboxylic acids is 1. The van der Waals surface area contributed by atoms with Crippen LogP contribution in [0.1, 0.15) is 51.4 Å². The van der Waals surface area contributed by atoms with Gasteiger partial charge in [-0.1, -0.05) is 15.9 Å². The standard InChI is InChI=1S/C19H24BrNO3S/c20-14-4-6-16(7-5-14)25(23,24)13-18-8-10-19(12-18,11-9-18)17(22)21-15-2-1-3-15/h4-7,15H,1-3,8-13H2,(H,21,22). The van der Waals surface area contributed by atoms with Crippen molar-refractivity contribution >= 4 is 31.7 Å². The Balaban J connectivity index is 1.48. The molecule has 3 aliphatic carbocycles. The van der Waals surface area contributed by atoms with Crippen LogP contribution in [0.15, 0.2) is 33.6 Å². The fourth-order valence-electron chi connectivity index (χ4n) is 4.85. The third kappa shape index (κ3) is 3.16. The lowest BCUT2D eigenvalue weighted by atomic mass is 9.81. The van der Waals surface area contributed by atoms with Gasteiger partial charge in [-0.3, -0.25) is 4.79 Å². The molecule has 0 radical (unpaired) electrons. The molecule has 3 saturated carbocycles. The molecular formula is C19H24BrNO3S. The van der Waals surface area contributed by atoms with E-state index in [9.17, 15) is 13.2 Å². The van der Waals surface area contributed by atoms with E-state index in [1.807, 2.05) is 0 Å². The molecule has 3 aliphatic rings. The Labute approximate surface area is 157 Å². The van der Waals surface area contributed by atoms with Gasteiger partial charge in [-0.25, -0.2) is 8.42 Å². The predicted molar refractivity (Wildman–Crippen MR) is 99.9 cm³/mol. The number of halogens is 1. The molecule has 0 heterocycles. The Bertz CT molecular complexity index is 775. The van der Waals surface area contributed by atoms with Crippen molar-refractivity contribution in [2.24, 2.45) is 10.8 Å². The number of rotatable bonds is 5. The van der Waals surface area contributed by atoms with Crippen LogP contribution in [-0.2, 0) is 14.6 Å². The average molecular weight is 426 g/mol. The molecule has 25 heavy (non-hydrogen) atoms. The lowest BCUT2D eigenvalue weighted by Crippen LogP contribution is -2.46. The minimum atomic E-state index is -3.33. The molecule has 1 aromatic rings. The summed E-state index contributed by atoms with van der Waals surface area (Å²) in [5, 5.41) is 3.20. The molecule has 2 bridgehead atoms. The van der Waals surface area contributed by atoms with Crippen molar-refractivity contribution in [2.75, 3.05) is 5.75 Å². The molecule has 1 aromatic carbocycles. The molecular weight excluding hydrogens is 402 g/mol. The fraction of sp³-hybridized carbons (Fsp3) is 0.632. The van der Waals surface area contributed by atoms with Crippen LogP contribution in [-0.4, -0.2) is 26.1 Å². The monoisotopic (exact) mass is 425 g/mol. The predicted octanol–water partition coefficient (Wildman–Crippen LogP) is 3.84. The summed E-state index contributed by atoms with van der Waals surface area (Å²) in [5.41, 5.74) is -0.534. The molecule has 0 atom stereocenters. The van der Waals surface area contributed by atoms with Gasteiger partial charge >= 0.3 is 0 Å². The summed E-state index contributed by atoms with van der Waals surface area (Å²) < 4.78 is 26.6. The molecule has 0 spiro atoms. The van der Waals surface area contributed by atoms with Gasteiger partial charge in [0.15, 0.2) is 9.84 Å². The quantitative estimate of drug-likeness (QED) is 0.778. The van der Waals surface area contributed by atoms with Crippen molar-refractivity contribution < 1.29 is 13.2 Å². The Kier molecular flexibility index (Phi) is 4.27. The molecule has 6 heteroatoms. The minimum absolute atomic E-state index is 0.167. The second-order valence-corrected chi connectivity index (χ2v) is 11.2. The Morgan fingerprint density at radius 3 is 2.32 bits per heavy atom. The van der Waals surface area contributed by atoms with Crippen LogP contribution in [0.3, 0.4) is 0 Å². The van der Waals surface area contributed by atoms with Crippen LogP contribution in [0.4, 0.5) is 0 Å². The number of carbonyl (C=O) groups is 1. The van der Waals surface area contributed by atoms with Gasteiger partial charge in [0, 0.05) is 15.9 Å². The maximum Gasteiger partial charge on any atom is 0.226 e. The topological polar surface area (TPSA) is 63.2 Å². The van der Waals surface area contributed by atoms with E-state index in [4.69, 9.17) is 0 Å². The van der Waals surface area contributed by atoms with Gasteiger partial charge in [0.05, 0.1) is 10.6 Å². The number of fused-ring (bicyclic) bond motifs is 2. The van der Waals surface area contributed by atoms with Crippen molar-refractivity contribution in [2.45, 2.75) is 62.3 Å². The zero-order valence-corrected chi connectivity index (χ0v) is 16.7. The summed E-state index contributed by atoms with van der Waals surface area (Å²) >= 11 is 3.35. The van der Waals surface area contributed by atoms with Crippen molar-refractivity contribution in [1.82, 2.24) is 5.32 Å².